The van der Waals surface area contributed by atoms with E-state index in [4.69, 9.17) is 16.3 Å². The molecule has 0 aliphatic carbocycles. The Morgan fingerprint density at radius 3 is 2.60 bits per heavy atom. The monoisotopic (exact) mass is 368 g/mol. The molecule has 7 heteroatoms. The second-order valence-corrected chi connectivity index (χ2v) is 6.70. The Labute approximate surface area is 155 Å². The summed E-state index contributed by atoms with van der Waals surface area (Å²) in [6.07, 6.45) is 0.756. The molecule has 3 N–H and O–H groups in total. The van der Waals surface area contributed by atoms with Gasteiger partial charge in [0.15, 0.2) is 5.96 Å². The number of nitrogens with zero attached hydrogens (tertiary/aromatic N) is 1. The van der Waals surface area contributed by atoms with E-state index in [9.17, 15) is 4.79 Å². The van der Waals surface area contributed by atoms with Gasteiger partial charge in [-0.15, -0.1) is 0 Å². The summed E-state index contributed by atoms with van der Waals surface area (Å²) in [5.41, 5.74) is 0.479. The van der Waals surface area contributed by atoms with Crippen LogP contribution in [0.1, 0.15) is 26.3 Å². The fourth-order valence-electron chi connectivity index (χ4n) is 2.20. The molecule has 0 spiro atoms. The van der Waals surface area contributed by atoms with Crippen molar-refractivity contribution in [1.82, 2.24) is 16.0 Å². The first kappa shape index (κ1) is 21.1. The molecular weight excluding hydrogens is 340 g/mol. The van der Waals surface area contributed by atoms with E-state index in [1.54, 1.807) is 14.2 Å². The molecule has 0 radical (unpaired) electrons. The summed E-state index contributed by atoms with van der Waals surface area (Å²) >= 11 is 6.26. The third-order valence-electron chi connectivity index (χ3n) is 3.77. The minimum Gasteiger partial charge on any atom is -0.497 e. The molecule has 0 bridgehead atoms. The maximum absolute atomic E-state index is 11.8. The number of guanidine groups is 1. The third kappa shape index (κ3) is 6.82. The molecule has 0 aliphatic rings. The van der Waals surface area contributed by atoms with E-state index in [-0.39, 0.29) is 5.91 Å². The summed E-state index contributed by atoms with van der Waals surface area (Å²) in [6.45, 7) is 7.56. The molecule has 1 aromatic rings. The van der Waals surface area contributed by atoms with Crippen LogP contribution in [0.4, 0.5) is 0 Å². The Morgan fingerprint density at radius 1 is 1.32 bits per heavy atom. The molecule has 0 unspecified atom stereocenters. The lowest BCUT2D eigenvalue weighted by Gasteiger charge is -2.21. The average Bonchev–Trinajstić information content (AvgIpc) is 2.60. The number of hydrogen-bond donors (Lipinski definition) is 3. The number of aliphatic imine (C=N–C) groups is 1. The number of benzene rings is 1. The standard InChI is InChI=1S/C18H29ClN4O2/c1-6-21-17(23-12-18(2,3)16(24)20-4)22-10-9-13-7-8-14(25-5)11-15(13)19/h7-8,11H,6,9-10,12H2,1-5H3,(H,20,24)(H2,21,22,23). The zero-order valence-corrected chi connectivity index (χ0v) is 16.5. The van der Waals surface area contributed by atoms with Crippen molar-refractivity contribution in [1.29, 1.82) is 0 Å². The highest BCUT2D eigenvalue weighted by atomic mass is 35.5. The molecule has 1 rings (SSSR count). The number of carbonyl (C=O) groups excluding carboxylic acids is 1. The third-order valence-corrected chi connectivity index (χ3v) is 4.12. The maximum atomic E-state index is 11.8. The molecule has 0 saturated carbocycles. The number of carbonyl (C=O) groups is 1. The predicted octanol–water partition coefficient (Wildman–Crippen LogP) is 2.22. The lowest BCUT2D eigenvalue weighted by atomic mass is 9.93. The molecule has 1 aromatic carbocycles. The van der Waals surface area contributed by atoms with Gasteiger partial charge in [0.05, 0.1) is 19.1 Å². The summed E-state index contributed by atoms with van der Waals surface area (Å²) in [5.74, 6) is 1.40. The topological polar surface area (TPSA) is 74.8 Å². The van der Waals surface area contributed by atoms with Gasteiger partial charge in [-0.2, -0.15) is 0 Å². The minimum atomic E-state index is -0.559. The summed E-state index contributed by atoms with van der Waals surface area (Å²) < 4.78 is 5.16. The first-order valence-electron chi connectivity index (χ1n) is 8.40. The second-order valence-electron chi connectivity index (χ2n) is 6.29. The van der Waals surface area contributed by atoms with Gasteiger partial charge in [-0.3, -0.25) is 9.79 Å². The van der Waals surface area contributed by atoms with Gasteiger partial charge in [0.25, 0.3) is 0 Å². The minimum absolute atomic E-state index is 0.0305. The van der Waals surface area contributed by atoms with Crippen LogP contribution in [0.15, 0.2) is 23.2 Å². The first-order valence-corrected chi connectivity index (χ1v) is 8.78. The molecular formula is C18H29ClN4O2. The largest absolute Gasteiger partial charge is 0.497 e. The van der Waals surface area contributed by atoms with E-state index >= 15 is 0 Å². The Balaban J connectivity index is 2.63. The van der Waals surface area contributed by atoms with Crippen LogP contribution in [-0.2, 0) is 11.2 Å². The Kier molecular flexibility index (Phi) is 8.55. The van der Waals surface area contributed by atoms with Crippen LogP contribution in [0, 0.1) is 5.41 Å². The molecule has 25 heavy (non-hydrogen) atoms. The number of rotatable bonds is 8. The fraction of sp³-hybridized carbons (Fsp3) is 0.556. The summed E-state index contributed by atoms with van der Waals surface area (Å²) in [4.78, 5) is 16.4. The van der Waals surface area contributed by atoms with E-state index in [2.05, 4.69) is 20.9 Å². The van der Waals surface area contributed by atoms with Crippen LogP contribution in [0.2, 0.25) is 5.02 Å². The van der Waals surface area contributed by atoms with Crippen molar-refractivity contribution in [3.63, 3.8) is 0 Å². The van der Waals surface area contributed by atoms with Gasteiger partial charge in [0, 0.05) is 25.2 Å². The highest BCUT2D eigenvalue weighted by Gasteiger charge is 2.26. The number of hydrogen-bond acceptors (Lipinski definition) is 3. The first-order chi connectivity index (χ1) is 11.8. The fourth-order valence-corrected chi connectivity index (χ4v) is 2.47. The molecule has 140 valence electrons. The molecule has 0 atom stereocenters. The Morgan fingerprint density at radius 2 is 2.04 bits per heavy atom. The number of amides is 1. The Hall–Kier alpha value is -1.95. The highest BCUT2D eigenvalue weighted by molar-refractivity contribution is 6.31. The zero-order valence-electron chi connectivity index (χ0n) is 15.7. The molecule has 6 nitrogen and oxygen atoms in total. The average molecular weight is 369 g/mol. The zero-order chi connectivity index (χ0) is 18.9. The van der Waals surface area contributed by atoms with Crippen molar-refractivity contribution in [3.8, 4) is 5.75 Å². The normalized spacial score (nSPS) is 11.8. The van der Waals surface area contributed by atoms with Crippen LogP contribution < -0.4 is 20.7 Å². The van der Waals surface area contributed by atoms with Crippen LogP contribution >= 0.6 is 11.6 Å². The van der Waals surface area contributed by atoms with Gasteiger partial charge in [-0.25, -0.2) is 0 Å². The number of halogens is 1. The van der Waals surface area contributed by atoms with E-state index in [0.717, 1.165) is 24.3 Å². The van der Waals surface area contributed by atoms with E-state index in [1.807, 2.05) is 39.0 Å². The van der Waals surface area contributed by atoms with E-state index < -0.39 is 5.41 Å². The molecule has 1 amide bonds. The van der Waals surface area contributed by atoms with Crippen LogP contribution in [0.5, 0.6) is 5.75 Å². The van der Waals surface area contributed by atoms with Crippen molar-refractivity contribution in [2.75, 3.05) is 33.8 Å². The van der Waals surface area contributed by atoms with Gasteiger partial charge in [0.2, 0.25) is 5.91 Å². The van der Waals surface area contributed by atoms with E-state index in [0.29, 0.717) is 24.1 Å². The van der Waals surface area contributed by atoms with Crippen LogP contribution in [0.25, 0.3) is 0 Å². The Bertz CT molecular complexity index is 603. The highest BCUT2D eigenvalue weighted by Crippen LogP contribution is 2.22. The SMILES string of the molecule is CCNC(=NCC(C)(C)C(=O)NC)NCCc1ccc(OC)cc1Cl. The summed E-state index contributed by atoms with van der Waals surface area (Å²) in [6, 6.07) is 5.66. The van der Waals surface area contributed by atoms with Gasteiger partial charge in [0.1, 0.15) is 5.75 Å². The quantitative estimate of drug-likeness (QED) is 0.486. The van der Waals surface area contributed by atoms with Crippen molar-refractivity contribution < 1.29 is 9.53 Å². The number of nitrogens with one attached hydrogen (secondary N) is 3. The summed E-state index contributed by atoms with van der Waals surface area (Å²) in [7, 11) is 3.25. The molecule has 0 aliphatic heterocycles. The van der Waals surface area contributed by atoms with Gasteiger partial charge in [-0.1, -0.05) is 17.7 Å². The van der Waals surface area contributed by atoms with Crippen LogP contribution in [-0.4, -0.2) is 45.7 Å². The van der Waals surface area contributed by atoms with Crippen molar-refractivity contribution in [2.45, 2.75) is 27.2 Å². The second kappa shape index (κ2) is 10.1. The molecule has 0 heterocycles. The lowest BCUT2D eigenvalue weighted by Crippen LogP contribution is -2.41. The van der Waals surface area contributed by atoms with Crippen molar-refractivity contribution in [3.05, 3.63) is 28.8 Å². The molecule has 0 saturated heterocycles. The molecule has 0 aromatic heterocycles. The predicted molar refractivity (Wildman–Crippen MR) is 104 cm³/mol. The number of ether oxygens (including phenoxy) is 1. The molecule has 0 fully saturated rings. The van der Waals surface area contributed by atoms with Gasteiger partial charge in [-0.05, 0) is 44.9 Å². The summed E-state index contributed by atoms with van der Waals surface area (Å²) in [5, 5.41) is 9.81. The number of methoxy groups -OCH3 is 1. The van der Waals surface area contributed by atoms with Gasteiger partial charge < -0.3 is 20.7 Å². The van der Waals surface area contributed by atoms with Gasteiger partial charge >= 0.3 is 0 Å². The van der Waals surface area contributed by atoms with Crippen LogP contribution in [0.3, 0.4) is 0 Å². The van der Waals surface area contributed by atoms with Crippen molar-refractivity contribution in [2.24, 2.45) is 10.4 Å². The van der Waals surface area contributed by atoms with E-state index in [1.165, 1.54) is 0 Å². The maximum Gasteiger partial charge on any atom is 0.227 e. The lowest BCUT2D eigenvalue weighted by molar-refractivity contribution is -0.128. The smallest absolute Gasteiger partial charge is 0.227 e. The van der Waals surface area contributed by atoms with Crippen molar-refractivity contribution >= 4 is 23.5 Å².